The van der Waals surface area contributed by atoms with E-state index in [1.54, 1.807) is 18.6 Å². The number of nitrogens with two attached hydrogens (primary N) is 1. The lowest BCUT2D eigenvalue weighted by Gasteiger charge is -1.78. The molecule has 1 unspecified atom stereocenters. The van der Waals surface area contributed by atoms with Crippen molar-refractivity contribution in [3.63, 3.8) is 0 Å². The molecule has 1 aliphatic heterocycles. The van der Waals surface area contributed by atoms with E-state index in [2.05, 4.69) is 41.2 Å². The fourth-order valence-electron chi connectivity index (χ4n) is 2.04. The van der Waals surface area contributed by atoms with E-state index in [1.807, 2.05) is 0 Å². The van der Waals surface area contributed by atoms with Gasteiger partial charge >= 0.3 is 10.0 Å². The molecule has 24 heteroatoms. The Hall–Kier alpha value is -3.08. The summed E-state index contributed by atoms with van der Waals surface area (Å²) in [5, 5.41) is 42.7. The number of nitrogens with zero attached hydrogens (tertiary/aromatic N) is 6. The number of allylic oxidation sites excluding steroid dienone is 1. The van der Waals surface area contributed by atoms with Crippen molar-refractivity contribution in [3.05, 3.63) is 91.6 Å². The zero-order valence-electron chi connectivity index (χ0n) is 25.5. The van der Waals surface area contributed by atoms with Crippen molar-refractivity contribution < 1.29 is 34.8 Å². The lowest BCUT2D eigenvalue weighted by Crippen LogP contribution is -1.88. The molecule has 1 saturated heterocycles. The molecule has 0 bridgehead atoms. The Morgan fingerprint density at radius 3 is 1.52 bits per heavy atom. The van der Waals surface area contributed by atoms with Crippen LogP contribution in [-0.2, 0) is 46.6 Å². The number of thiazole rings is 5. The first kappa shape index (κ1) is 53.3. The number of diazo groups is 1. The second-order valence-corrected chi connectivity index (χ2v) is 14.8. The molecule has 1 aliphatic rings. The number of aldehydes is 2. The number of nitrogen functional groups attached to an aromatic ring is 1. The lowest BCUT2D eigenvalue weighted by molar-refractivity contribution is -0.108. The molecule has 5 aromatic heterocycles. The minimum atomic E-state index is -0.117. The van der Waals surface area contributed by atoms with E-state index < -0.39 is 0 Å². The van der Waals surface area contributed by atoms with Crippen LogP contribution in [0, 0.1) is 5.39 Å². The average Bonchev–Trinajstić information content (AvgIpc) is 3.66. The highest BCUT2D eigenvalue weighted by Gasteiger charge is 2.20. The molecule has 52 heavy (non-hydrogen) atoms. The minimum Gasteiger partial charge on any atom is -0.391 e. The lowest BCUT2D eigenvalue weighted by atomic mass is 10.6. The summed E-state index contributed by atoms with van der Waals surface area (Å²) in [5.74, 6) is 0.504. The Kier molecular flexibility index (Phi) is 34.6. The fourth-order valence-corrected chi connectivity index (χ4v) is 5.58. The van der Waals surface area contributed by atoms with Crippen molar-refractivity contribution in [3.8, 4) is 0 Å². The van der Waals surface area contributed by atoms with Gasteiger partial charge in [0.1, 0.15) is 12.4 Å². The van der Waals surface area contributed by atoms with Crippen molar-refractivity contribution in [1.82, 2.24) is 24.9 Å². The fraction of sp³-hybridized carbons (Fsp3) is 0.321. The summed E-state index contributed by atoms with van der Waals surface area (Å²) in [4.78, 5) is 52.8. The molecule has 0 aromatic carbocycles. The Morgan fingerprint density at radius 1 is 0.865 bits per heavy atom. The molecule has 7 N–H and O–H groups in total. The summed E-state index contributed by atoms with van der Waals surface area (Å²) < 4.78 is 5.53. The van der Waals surface area contributed by atoms with E-state index in [1.165, 1.54) is 52.5 Å². The van der Waals surface area contributed by atoms with Crippen LogP contribution in [0.15, 0.2) is 48.4 Å². The molecule has 0 radical (unpaired) electrons. The number of aliphatic hydroxyl groups excluding tert-OH is 4. The molecule has 5 aromatic rings. The van der Waals surface area contributed by atoms with Gasteiger partial charge in [-0.1, -0.05) is 67.3 Å². The van der Waals surface area contributed by atoms with E-state index in [0.29, 0.717) is 42.6 Å². The molecule has 0 amide bonds. The number of hydrogen-bond donors (Lipinski definition) is 6. The predicted molar refractivity (Wildman–Crippen MR) is 211 cm³/mol. The van der Waals surface area contributed by atoms with Gasteiger partial charge in [0, 0.05) is 34.6 Å². The van der Waals surface area contributed by atoms with E-state index in [4.69, 9.17) is 71.1 Å². The first-order valence-electron chi connectivity index (χ1n) is 13.0. The van der Waals surface area contributed by atoms with Gasteiger partial charge in [-0.2, -0.15) is 0 Å². The van der Waals surface area contributed by atoms with Crippen molar-refractivity contribution in [2.75, 3.05) is 12.3 Å². The van der Waals surface area contributed by atoms with Crippen LogP contribution in [0.25, 0.3) is 4.98 Å². The number of halogens is 3. The van der Waals surface area contributed by atoms with Gasteiger partial charge in [0.2, 0.25) is 0 Å². The first-order valence-corrected chi connectivity index (χ1v) is 18.4. The maximum atomic E-state index is 10.3. The Balaban J connectivity index is -0.000000542. The summed E-state index contributed by atoms with van der Waals surface area (Å²) in [7, 11) is 0. The molecule has 288 valence electrons. The molecule has 0 saturated carbocycles. The van der Waals surface area contributed by atoms with Crippen molar-refractivity contribution in [1.29, 1.82) is 5.39 Å². The molecule has 6 heterocycles. The normalized spacial score (nSPS) is 11.1. The molecule has 1 atom stereocenters. The van der Waals surface area contributed by atoms with Gasteiger partial charge in [-0.05, 0) is 22.4 Å². The van der Waals surface area contributed by atoms with Crippen LogP contribution in [0.1, 0.15) is 39.2 Å². The summed E-state index contributed by atoms with van der Waals surface area (Å²) in [6, 6.07) is 0. The molecular formula is C28H38Cl3N8O8S5+. The van der Waals surface area contributed by atoms with Gasteiger partial charge in [-0.3, -0.25) is 9.59 Å². The second-order valence-electron chi connectivity index (χ2n) is 7.82. The number of nitrogens with one attached hydrogen (secondary N) is 1. The number of aromatic nitrogens is 5. The highest BCUT2D eigenvalue weighted by Crippen LogP contribution is 2.20. The summed E-state index contributed by atoms with van der Waals surface area (Å²) in [6.45, 7) is 3.72. The number of carbonyl (C=O) groups is 2. The van der Waals surface area contributed by atoms with E-state index >= 15 is 0 Å². The van der Waals surface area contributed by atoms with E-state index in [-0.39, 0.29) is 57.4 Å². The Morgan fingerprint density at radius 2 is 1.33 bits per heavy atom. The Labute approximate surface area is 334 Å². The van der Waals surface area contributed by atoms with Gasteiger partial charge in [0.15, 0.2) is 26.5 Å². The van der Waals surface area contributed by atoms with Crippen molar-refractivity contribution in [2.24, 2.45) is 0 Å². The zero-order chi connectivity index (χ0) is 37.7. The van der Waals surface area contributed by atoms with Crippen LogP contribution in [0.3, 0.4) is 0 Å². The van der Waals surface area contributed by atoms with E-state index in [9.17, 15) is 9.59 Å². The topological polar surface area (TPSA) is 266 Å². The second kappa shape index (κ2) is 33.7. The minimum absolute atomic E-state index is 0. The molecule has 1 fully saturated rings. The largest absolute Gasteiger partial charge is 0.523 e. The number of aromatic amines is 1. The summed E-state index contributed by atoms with van der Waals surface area (Å²) in [5.41, 5.74) is 5.25. The third-order valence-corrected chi connectivity index (χ3v) is 9.34. The first-order chi connectivity index (χ1) is 24.0. The zero-order valence-corrected chi connectivity index (χ0v) is 31.9. The number of rotatable bonds is 7. The maximum Gasteiger partial charge on any atom is 0.523 e. The molecular weight excluding hydrogens is 843 g/mol. The Bertz CT molecular complexity index is 1630. The van der Waals surface area contributed by atoms with Gasteiger partial charge in [0.05, 0.1) is 63.8 Å². The van der Waals surface area contributed by atoms with Crippen LogP contribution < -0.4 is 10.6 Å². The molecule has 16 nitrogen and oxygen atoms in total. The van der Waals surface area contributed by atoms with Crippen LogP contribution in [0.4, 0.5) is 10.3 Å². The number of H-pyrrole nitrogens is 1. The van der Waals surface area contributed by atoms with E-state index in [0.717, 1.165) is 43.6 Å². The third-order valence-electron chi connectivity index (χ3n) is 4.19. The standard InChI is InChI=1S/C4H3Cl2NS.C4H4ClNOS.C4H4N3OS.C4H6N2OS.C4H5NO2S.C3H4O2.C3H4O.2CH4/c5-1-3-2-7-4(6)8-3;5-4-6-1-3(2-7)8-4;5-7-4-6-1-3(2-8)9-4;5-4-6-1-3(2-7)8-4;6-2-3-1-5-4(7)8-3;4-1-3-2-5-3;1-2-3-4;;/h2H,1H2;1,7H,2H2;1,8H,2H2;1,7H,2H2,(H2,5,6);1,6H,2H2,(H,5,7);1,3H,2H2;2-3H,1H2;2*1H4/q;;+1;;;;;;. The van der Waals surface area contributed by atoms with Crippen LogP contribution in [-0.4, -0.2) is 70.6 Å². The quantitative estimate of drug-likeness (QED) is 0.0344. The molecule has 6 rings (SSSR count). The van der Waals surface area contributed by atoms with Crippen LogP contribution >= 0.6 is 91.5 Å². The maximum absolute atomic E-state index is 10.3. The van der Waals surface area contributed by atoms with Crippen LogP contribution in [0.2, 0.25) is 8.93 Å². The van der Waals surface area contributed by atoms with Gasteiger partial charge < -0.3 is 40.7 Å². The number of aliphatic hydroxyl groups is 4. The number of carbonyl (C=O) groups excluding carboxylic acids is 2. The third kappa shape index (κ3) is 27.6. The van der Waals surface area contributed by atoms with Gasteiger partial charge in [-0.25, -0.2) is 15.0 Å². The highest BCUT2D eigenvalue weighted by molar-refractivity contribution is 7.16. The number of ether oxygens (including phenoxy) is 1. The predicted octanol–water partition coefficient (Wildman–Crippen LogP) is 6.32. The summed E-state index contributed by atoms with van der Waals surface area (Å²) >= 11 is 22.6. The number of hydrogen-bond acceptors (Lipinski definition) is 19. The summed E-state index contributed by atoms with van der Waals surface area (Å²) in [6.07, 6.45) is 10.4. The number of anilines is 1. The number of alkyl halides is 1. The number of epoxide rings is 1. The molecule has 0 spiro atoms. The smallest absolute Gasteiger partial charge is 0.391 e. The van der Waals surface area contributed by atoms with Gasteiger partial charge in [0.25, 0.3) is 0 Å². The van der Waals surface area contributed by atoms with Gasteiger partial charge in [-0.15, -0.1) is 34.3 Å². The van der Waals surface area contributed by atoms with Crippen molar-refractivity contribution >= 4 is 114 Å². The average molecular weight is 881 g/mol. The van der Waals surface area contributed by atoms with Crippen molar-refractivity contribution in [2.45, 2.75) is 53.3 Å². The highest BCUT2D eigenvalue weighted by atomic mass is 35.5. The SMILES string of the molecule is C.C.C=CC=O.ClCc1cnc(Cl)s1.N#[N+]c1ncc(CO)s1.Nc1ncc(CO)s1.O=CC1CO1.O=c1[nH]cc(CO)s1.OCc1cnc(Cl)s1. The van der Waals surface area contributed by atoms with Crippen LogP contribution in [0.5, 0.6) is 0 Å². The molecule has 0 aliphatic carbocycles. The monoisotopic (exact) mass is 879 g/mol.